The SMILES string of the molecule is O=C(c1ncc(F)cc1F)N1C[C@H]2CC[C@@H]1CN(C1Cc3ccccc3C1)C2. The van der Waals surface area contributed by atoms with Gasteiger partial charge in [0.1, 0.15) is 5.82 Å². The highest BCUT2D eigenvalue weighted by Crippen LogP contribution is 2.33. The summed E-state index contributed by atoms with van der Waals surface area (Å²) in [5, 5.41) is 0. The van der Waals surface area contributed by atoms with Crippen molar-refractivity contribution in [1.29, 1.82) is 0 Å². The first kappa shape index (κ1) is 17.7. The molecule has 0 radical (unpaired) electrons. The molecule has 3 saturated heterocycles. The van der Waals surface area contributed by atoms with Crippen molar-refractivity contribution in [3.05, 3.63) is 65.0 Å². The highest BCUT2D eigenvalue weighted by atomic mass is 19.1. The Morgan fingerprint density at radius 1 is 1.00 bits per heavy atom. The summed E-state index contributed by atoms with van der Waals surface area (Å²) in [6.45, 7) is 2.40. The summed E-state index contributed by atoms with van der Waals surface area (Å²) in [7, 11) is 0. The zero-order valence-electron chi connectivity index (χ0n) is 15.7. The molecule has 1 aromatic carbocycles. The Bertz CT molecular complexity index is 893. The largest absolute Gasteiger partial charge is 0.333 e. The monoisotopic (exact) mass is 383 g/mol. The molecule has 1 aromatic heterocycles. The first-order valence-electron chi connectivity index (χ1n) is 10.0. The van der Waals surface area contributed by atoms with Crippen LogP contribution in [0, 0.1) is 17.6 Å². The lowest BCUT2D eigenvalue weighted by Crippen LogP contribution is -2.48. The van der Waals surface area contributed by atoms with E-state index in [1.807, 2.05) is 0 Å². The molecular weight excluding hydrogens is 360 g/mol. The Balaban J connectivity index is 1.35. The minimum absolute atomic E-state index is 0.0567. The van der Waals surface area contributed by atoms with Gasteiger partial charge in [-0.1, -0.05) is 24.3 Å². The standard InChI is InChI=1S/C22H23F2N3O/c23-17-9-20(24)21(25-10-17)22(28)27-12-14-5-6-18(27)13-26(11-14)19-7-15-3-1-2-4-16(15)8-19/h1-4,9-10,14,18-19H,5-8,11-13H2/t14-,18+/m0/s1. The van der Waals surface area contributed by atoms with Crippen molar-refractivity contribution in [2.45, 2.75) is 37.8 Å². The van der Waals surface area contributed by atoms with E-state index in [1.54, 1.807) is 4.90 Å². The Labute approximate surface area is 163 Å². The van der Waals surface area contributed by atoms with Gasteiger partial charge in [0.2, 0.25) is 0 Å². The second kappa shape index (κ2) is 6.92. The van der Waals surface area contributed by atoms with Crippen LogP contribution in [-0.4, -0.2) is 52.4 Å². The number of amides is 1. The number of benzene rings is 1. The molecule has 3 aliphatic heterocycles. The fraction of sp³-hybridized carbons (Fsp3) is 0.455. The van der Waals surface area contributed by atoms with Crippen LogP contribution in [0.3, 0.4) is 0 Å². The highest BCUT2D eigenvalue weighted by molar-refractivity contribution is 5.92. The smallest absolute Gasteiger partial charge is 0.275 e. The molecule has 28 heavy (non-hydrogen) atoms. The molecule has 4 nitrogen and oxygen atoms in total. The third kappa shape index (κ3) is 3.09. The van der Waals surface area contributed by atoms with Gasteiger partial charge in [0.15, 0.2) is 11.5 Å². The van der Waals surface area contributed by atoms with Crippen molar-refractivity contribution in [2.24, 2.45) is 5.92 Å². The third-order valence-corrected chi connectivity index (χ3v) is 6.56. The van der Waals surface area contributed by atoms with Crippen LogP contribution < -0.4 is 0 Å². The molecule has 4 heterocycles. The average molecular weight is 383 g/mol. The van der Waals surface area contributed by atoms with E-state index in [-0.39, 0.29) is 11.7 Å². The van der Waals surface area contributed by atoms with E-state index in [4.69, 9.17) is 0 Å². The van der Waals surface area contributed by atoms with Crippen molar-refractivity contribution in [2.75, 3.05) is 19.6 Å². The Hall–Kier alpha value is -2.34. The lowest BCUT2D eigenvalue weighted by Gasteiger charge is -2.36. The molecule has 6 heteroatoms. The van der Waals surface area contributed by atoms with Gasteiger partial charge in [0, 0.05) is 37.8 Å². The number of hydrogen-bond donors (Lipinski definition) is 0. The molecule has 3 fully saturated rings. The van der Waals surface area contributed by atoms with E-state index < -0.39 is 17.5 Å². The van der Waals surface area contributed by atoms with Crippen LogP contribution >= 0.6 is 0 Å². The molecule has 2 bridgehead atoms. The molecule has 4 aliphatic rings. The van der Waals surface area contributed by atoms with Crippen molar-refractivity contribution < 1.29 is 13.6 Å². The summed E-state index contributed by atoms with van der Waals surface area (Å²) in [6, 6.07) is 9.87. The Morgan fingerprint density at radius 2 is 1.75 bits per heavy atom. The van der Waals surface area contributed by atoms with Crippen LogP contribution in [0.4, 0.5) is 8.78 Å². The van der Waals surface area contributed by atoms with Crippen LogP contribution in [0.1, 0.15) is 34.5 Å². The molecule has 2 aromatic rings. The average Bonchev–Trinajstić information content (AvgIpc) is 2.90. The van der Waals surface area contributed by atoms with Gasteiger partial charge in [-0.05, 0) is 42.7 Å². The maximum atomic E-state index is 14.1. The summed E-state index contributed by atoms with van der Waals surface area (Å²) >= 11 is 0. The fourth-order valence-electron chi connectivity index (χ4n) is 5.17. The molecule has 1 amide bonds. The molecule has 1 aliphatic carbocycles. The summed E-state index contributed by atoms with van der Waals surface area (Å²) in [5.74, 6) is -1.68. The van der Waals surface area contributed by atoms with E-state index in [0.717, 1.165) is 51.0 Å². The predicted molar refractivity (Wildman–Crippen MR) is 101 cm³/mol. The number of piperidine rings is 1. The van der Waals surface area contributed by atoms with Gasteiger partial charge in [-0.2, -0.15) is 0 Å². The number of aromatic nitrogens is 1. The molecule has 0 spiro atoms. The zero-order chi connectivity index (χ0) is 19.3. The van der Waals surface area contributed by atoms with E-state index in [9.17, 15) is 13.6 Å². The van der Waals surface area contributed by atoms with E-state index >= 15 is 0 Å². The number of carbonyl (C=O) groups excluding carboxylic acids is 1. The van der Waals surface area contributed by atoms with Crippen molar-refractivity contribution in [3.8, 4) is 0 Å². The molecule has 6 rings (SSSR count). The number of hydrogen-bond acceptors (Lipinski definition) is 3. The molecule has 0 N–H and O–H groups in total. The molecular formula is C22H23F2N3O. The number of carbonyl (C=O) groups is 1. The first-order valence-corrected chi connectivity index (χ1v) is 10.0. The van der Waals surface area contributed by atoms with Gasteiger partial charge in [-0.25, -0.2) is 13.8 Å². The highest BCUT2D eigenvalue weighted by Gasteiger charge is 2.41. The van der Waals surface area contributed by atoms with Gasteiger partial charge in [-0.15, -0.1) is 0 Å². The summed E-state index contributed by atoms with van der Waals surface area (Å²) in [5.41, 5.74) is 2.58. The lowest BCUT2D eigenvalue weighted by atomic mass is 9.94. The Morgan fingerprint density at radius 3 is 2.46 bits per heavy atom. The van der Waals surface area contributed by atoms with Crippen molar-refractivity contribution in [3.63, 3.8) is 0 Å². The maximum Gasteiger partial charge on any atom is 0.275 e. The van der Waals surface area contributed by atoms with Gasteiger partial charge in [0.25, 0.3) is 5.91 Å². The number of halogens is 2. The van der Waals surface area contributed by atoms with Crippen LogP contribution in [0.5, 0.6) is 0 Å². The maximum absolute atomic E-state index is 14.1. The number of rotatable bonds is 2. The topological polar surface area (TPSA) is 36.4 Å². The third-order valence-electron chi connectivity index (χ3n) is 6.56. The molecule has 2 atom stereocenters. The van der Waals surface area contributed by atoms with Crippen molar-refractivity contribution >= 4 is 5.91 Å². The zero-order valence-corrected chi connectivity index (χ0v) is 15.7. The molecule has 0 unspecified atom stereocenters. The second-order valence-electron chi connectivity index (χ2n) is 8.32. The second-order valence-corrected chi connectivity index (χ2v) is 8.32. The van der Waals surface area contributed by atoms with Gasteiger partial charge in [-0.3, -0.25) is 9.69 Å². The van der Waals surface area contributed by atoms with Gasteiger partial charge >= 0.3 is 0 Å². The fourth-order valence-corrected chi connectivity index (χ4v) is 5.17. The predicted octanol–water partition coefficient (Wildman–Crippen LogP) is 3.06. The van der Waals surface area contributed by atoms with Crippen LogP contribution in [-0.2, 0) is 12.8 Å². The summed E-state index contributed by atoms with van der Waals surface area (Å²) < 4.78 is 27.3. The minimum atomic E-state index is -0.881. The van der Waals surface area contributed by atoms with Crippen molar-refractivity contribution in [1.82, 2.24) is 14.8 Å². The minimum Gasteiger partial charge on any atom is -0.333 e. The molecule has 146 valence electrons. The van der Waals surface area contributed by atoms with E-state index in [2.05, 4.69) is 34.1 Å². The molecule has 0 saturated carbocycles. The first-order chi connectivity index (χ1) is 13.6. The number of nitrogens with zero attached hydrogens (tertiary/aromatic N) is 3. The van der Waals surface area contributed by atoms with Crippen LogP contribution in [0.2, 0.25) is 0 Å². The number of fused-ring (bicyclic) bond motifs is 5. The van der Waals surface area contributed by atoms with Gasteiger partial charge in [0.05, 0.1) is 6.20 Å². The number of pyridine rings is 1. The summed E-state index contributed by atoms with van der Waals surface area (Å²) in [6.07, 6.45) is 5.03. The van der Waals surface area contributed by atoms with Crippen LogP contribution in [0.15, 0.2) is 36.5 Å². The summed E-state index contributed by atoms with van der Waals surface area (Å²) in [4.78, 5) is 21.0. The quantitative estimate of drug-likeness (QED) is 0.800. The van der Waals surface area contributed by atoms with E-state index in [0.29, 0.717) is 18.5 Å². The Kier molecular flexibility index (Phi) is 4.38. The normalized spacial score (nSPS) is 25.0. The lowest BCUT2D eigenvalue weighted by molar-refractivity contribution is 0.0570. The van der Waals surface area contributed by atoms with Gasteiger partial charge < -0.3 is 4.90 Å². The van der Waals surface area contributed by atoms with Crippen LogP contribution in [0.25, 0.3) is 0 Å². The van der Waals surface area contributed by atoms with E-state index in [1.165, 1.54) is 11.1 Å².